The number of nitrogens with two attached hydrogens (primary N) is 1. The van der Waals surface area contributed by atoms with Crippen LogP contribution in [0.1, 0.15) is 5.56 Å². The molecule has 0 unspecified atom stereocenters. The van der Waals surface area contributed by atoms with Crippen LogP contribution in [0.2, 0.25) is 0 Å². The molecule has 0 aromatic heterocycles. The standard InChI is InChI=1S/C14H9F6NO/c15-13(16,17)11-6-3-9(7-12(11)21)8-1-4-10(5-2-8)22-14(18,19)20/h1-7H,21H2. The minimum Gasteiger partial charge on any atom is -0.406 e. The predicted molar refractivity (Wildman–Crippen MR) is 68.0 cm³/mol. The summed E-state index contributed by atoms with van der Waals surface area (Å²) in [6.07, 6.45) is -9.37. The highest BCUT2D eigenvalue weighted by molar-refractivity contribution is 5.69. The van der Waals surface area contributed by atoms with Gasteiger partial charge in [-0.15, -0.1) is 13.2 Å². The minimum absolute atomic E-state index is 0.351. The molecule has 2 aromatic rings. The van der Waals surface area contributed by atoms with Crippen LogP contribution in [-0.4, -0.2) is 6.36 Å². The van der Waals surface area contributed by atoms with E-state index in [4.69, 9.17) is 5.73 Å². The quantitative estimate of drug-likeness (QED) is 0.634. The van der Waals surface area contributed by atoms with Crippen molar-refractivity contribution in [1.82, 2.24) is 0 Å². The van der Waals surface area contributed by atoms with E-state index in [9.17, 15) is 26.3 Å². The Morgan fingerprint density at radius 3 is 1.77 bits per heavy atom. The summed E-state index contributed by atoms with van der Waals surface area (Å²) in [4.78, 5) is 0. The smallest absolute Gasteiger partial charge is 0.406 e. The number of alkyl halides is 6. The van der Waals surface area contributed by atoms with E-state index in [-0.39, 0.29) is 0 Å². The van der Waals surface area contributed by atoms with Crippen LogP contribution in [0.25, 0.3) is 11.1 Å². The highest BCUT2D eigenvalue weighted by atomic mass is 19.4. The summed E-state index contributed by atoms with van der Waals surface area (Å²) in [5.74, 6) is -0.420. The monoisotopic (exact) mass is 321 g/mol. The van der Waals surface area contributed by atoms with Crippen molar-refractivity contribution >= 4 is 5.69 Å². The van der Waals surface area contributed by atoms with Gasteiger partial charge < -0.3 is 10.5 Å². The first-order chi connectivity index (χ1) is 10.1. The van der Waals surface area contributed by atoms with E-state index >= 15 is 0 Å². The summed E-state index contributed by atoms with van der Waals surface area (Å²) < 4.78 is 77.6. The van der Waals surface area contributed by atoms with E-state index in [2.05, 4.69) is 4.74 Å². The van der Waals surface area contributed by atoms with Gasteiger partial charge >= 0.3 is 12.5 Å². The number of benzene rings is 2. The van der Waals surface area contributed by atoms with Crippen LogP contribution in [0, 0.1) is 0 Å². The lowest BCUT2D eigenvalue weighted by molar-refractivity contribution is -0.274. The third kappa shape index (κ3) is 3.84. The largest absolute Gasteiger partial charge is 0.573 e. The highest BCUT2D eigenvalue weighted by Crippen LogP contribution is 2.36. The maximum absolute atomic E-state index is 12.6. The molecular formula is C14H9F6NO. The van der Waals surface area contributed by atoms with Gasteiger partial charge in [0.25, 0.3) is 0 Å². The molecule has 22 heavy (non-hydrogen) atoms. The molecule has 2 aromatic carbocycles. The van der Waals surface area contributed by atoms with Crippen molar-refractivity contribution < 1.29 is 31.1 Å². The highest BCUT2D eigenvalue weighted by Gasteiger charge is 2.33. The maximum Gasteiger partial charge on any atom is 0.573 e. The molecule has 8 heteroatoms. The van der Waals surface area contributed by atoms with Gasteiger partial charge in [0.1, 0.15) is 5.75 Å². The van der Waals surface area contributed by atoms with Gasteiger partial charge in [-0.05, 0) is 35.4 Å². The summed E-state index contributed by atoms with van der Waals surface area (Å²) in [5, 5.41) is 0. The van der Waals surface area contributed by atoms with Gasteiger partial charge in [-0.25, -0.2) is 0 Å². The summed E-state index contributed by atoms with van der Waals surface area (Å²) in [7, 11) is 0. The third-order valence-corrected chi connectivity index (χ3v) is 2.78. The Morgan fingerprint density at radius 2 is 1.32 bits per heavy atom. The molecule has 2 N–H and O–H groups in total. The number of halogens is 6. The van der Waals surface area contributed by atoms with E-state index in [1.54, 1.807) is 0 Å². The molecule has 2 nitrogen and oxygen atoms in total. The van der Waals surface area contributed by atoms with E-state index in [0.717, 1.165) is 24.3 Å². The van der Waals surface area contributed by atoms with Crippen LogP contribution >= 0.6 is 0 Å². The molecule has 118 valence electrons. The fraction of sp³-hybridized carbons (Fsp3) is 0.143. The number of nitrogen functional groups attached to an aromatic ring is 1. The van der Waals surface area contributed by atoms with Crippen LogP contribution < -0.4 is 10.5 Å². The molecular weight excluding hydrogens is 312 g/mol. The summed E-state index contributed by atoms with van der Waals surface area (Å²) in [6.45, 7) is 0. The second-order valence-corrected chi connectivity index (χ2v) is 4.37. The van der Waals surface area contributed by atoms with Crippen molar-refractivity contribution in [2.45, 2.75) is 12.5 Å². The third-order valence-electron chi connectivity index (χ3n) is 2.78. The minimum atomic E-state index is -4.81. The van der Waals surface area contributed by atoms with Crippen molar-refractivity contribution in [3.05, 3.63) is 48.0 Å². The van der Waals surface area contributed by atoms with E-state index in [1.165, 1.54) is 18.2 Å². The Bertz CT molecular complexity index is 661. The average molecular weight is 321 g/mol. The SMILES string of the molecule is Nc1cc(-c2ccc(OC(F)(F)F)cc2)ccc1C(F)(F)F. The number of rotatable bonds is 2. The van der Waals surface area contributed by atoms with Crippen LogP contribution in [0.15, 0.2) is 42.5 Å². The molecule has 0 atom stereocenters. The van der Waals surface area contributed by atoms with Gasteiger partial charge in [0.15, 0.2) is 0 Å². The first kappa shape index (κ1) is 16.0. The second-order valence-electron chi connectivity index (χ2n) is 4.37. The molecule has 0 aliphatic rings. The Kier molecular flexibility index (Phi) is 3.95. The summed E-state index contributed by atoms with van der Waals surface area (Å²) >= 11 is 0. The first-order valence-corrected chi connectivity index (χ1v) is 5.89. The van der Waals surface area contributed by atoms with Gasteiger partial charge in [-0.1, -0.05) is 18.2 Å². The molecule has 0 bridgehead atoms. The van der Waals surface area contributed by atoms with Crippen molar-refractivity contribution in [3.8, 4) is 16.9 Å². The molecule has 0 aliphatic heterocycles. The summed E-state index contributed by atoms with van der Waals surface area (Å²) in [5.41, 5.74) is 4.71. The normalized spacial score (nSPS) is 12.3. The number of ether oxygens (including phenoxy) is 1. The predicted octanol–water partition coefficient (Wildman–Crippen LogP) is 4.85. The Labute approximate surface area is 121 Å². The fourth-order valence-corrected chi connectivity index (χ4v) is 1.85. The molecule has 0 fully saturated rings. The molecule has 2 rings (SSSR count). The van der Waals surface area contributed by atoms with Gasteiger partial charge in [0, 0.05) is 5.69 Å². The number of anilines is 1. The number of hydrogen-bond acceptors (Lipinski definition) is 2. The zero-order valence-corrected chi connectivity index (χ0v) is 10.8. The van der Waals surface area contributed by atoms with Gasteiger partial charge in [0.2, 0.25) is 0 Å². The van der Waals surface area contributed by atoms with Crippen molar-refractivity contribution in [2.75, 3.05) is 5.73 Å². The first-order valence-electron chi connectivity index (χ1n) is 5.89. The van der Waals surface area contributed by atoms with Gasteiger partial charge in [-0.3, -0.25) is 0 Å². The molecule has 0 saturated carbocycles. The van der Waals surface area contributed by atoms with E-state index in [0.29, 0.717) is 11.1 Å². The lowest BCUT2D eigenvalue weighted by atomic mass is 10.0. The van der Waals surface area contributed by atoms with Gasteiger partial charge in [0.05, 0.1) is 5.56 Å². The Balaban J connectivity index is 2.28. The fourth-order valence-electron chi connectivity index (χ4n) is 1.85. The van der Waals surface area contributed by atoms with E-state index < -0.39 is 29.5 Å². The maximum atomic E-state index is 12.6. The van der Waals surface area contributed by atoms with Crippen LogP contribution in [0.5, 0.6) is 5.75 Å². The molecule has 0 radical (unpaired) electrons. The number of hydrogen-bond donors (Lipinski definition) is 1. The lowest BCUT2D eigenvalue weighted by Gasteiger charge is -2.12. The molecule has 0 heterocycles. The Hall–Kier alpha value is -2.38. The van der Waals surface area contributed by atoms with Gasteiger partial charge in [-0.2, -0.15) is 13.2 Å². The van der Waals surface area contributed by atoms with Crippen molar-refractivity contribution in [2.24, 2.45) is 0 Å². The summed E-state index contributed by atoms with van der Waals surface area (Å²) in [6, 6.07) is 7.85. The van der Waals surface area contributed by atoms with Crippen LogP contribution in [-0.2, 0) is 6.18 Å². The zero-order valence-electron chi connectivity index (χ0n) is 10.8. The molecule has 0 saturated heterocycles. The molecule has 0 spiro atoms. The van der Waals surface area contributed by atoms with Crippen LogP contribution in [0.4, 0.5) is 32.0 Å². The topological polar surface area (TPSA) is 35.2 Å². The molecule has 0 amide bonds. The zero-order chi connectivity index (χ0) is 16.5. The lowest BCUT2D eigenvalue weighted by Crippen LogP contribution is -2.16. The average Bonchev–Trinajstić information content (AvgIpc) is 2.36. The van der Waals surface area contributed by atoms with Crippen molar-refractivity contribution in [1.29, 1.82) is 0 Å². The second kappa shape index (κ2) is 5.43. The molecule has 0 aliphatic carbocycles. The Morgan fingerprint density at radius 1 is 0.773 bits per heavy atom. The van der Waals surface area contributed by atoms with E-state index in [1.807, 2.05) is 0 Å². The van der Waals surface area contributed by atoms with Crippen LogP contribution in [0.3, 0.4) is 0 Å². The van der Waals surface area contributed by atoms with Crippen molar-refractivity contribution in [3.63, 3.8) is 0 Å².